The summed E-state index contributed by atoms with van der Waals surface area (Å²) < 4.78 is 0. The Morgan fingerprint density at radius 2 is 2.07 bits per heavy atom. The van der Waals surface area contributed by atoms with Crippen LogP contribution in [-0.4, -0.2) is 52.6 Å². The maximum atomic E-state index is 13.1. The van der Waals surface area contributed by atoms with E-state index in [0.717, 1.165) is 35.0 Å². The maximum Gasteiger partial charge on any atom is 0.270 e. The highest BCUT2D eigenvalue weighted by molar-refractivity contribution is 6.10. The smallest absolute Gasteiger partial charge is 0.270 e. The Kier molecular flexibility index (Phi) is 3.79. The minimum absolute atomic E-state index is 0.0520. The molecule has 7 heteroatoms. The number of nitrogens with zero attached hydrogens (tertiary/aromatic N) is 2. The van der Waals surface area contributed by atoms with E-state index in [2.05, 4.69) is 20.8 Å². The van der Waals surface area contributed by atoms with Gasteiger partial charge in [0.2, 0.25) is 5.91 Å². The molecule has 1 saturated heterocycles. The third-order valence-electron chi connectivity index (χ3n) is 6.02. The van der Waals surface area contributed by atoms with Crippen LogP contribution in [0.25, 0.3) is 10.9 Å². The summed E-state index contributed by atoms with van der Waals surface area (Å²) in [5.41, 5.74) is 6.89. The number of benzene rings is 1. The number of hydrazone groups is 1. The van der Waals surface area contributed by atoms with Gasteiger partial charge >= 0.3 is 0 Å². The molecule has 0 atom stereocenters. The zero-order chi connectivity index (χ0) is 19.3. The van der Waals surface area contributed by atoms with E-state index in [1.807, 2.05) is 37.3 Å². The number of amides is 2. The molecule has 0 bridgehead atoms. The van der Waals surface area contributed by atoms with Crippen molar-refractivity contribution in [1.29, 1.82) is 0 Å². The Bertz CT molecular complexity index is 1010. The topological polar surface area (TPSA) is 89.6 Å². The summed E-state index contributed by atoms with van der Waals surface area (Å²) in [7, 11) is 0. The first-order valence-electron chi connectivity index (χ1n) is 9.74. The summed E-state index contributed by atoms with van der Waals surface area (Å²) in [6.45, 7) is 3.46. The molecule has 1 aromatic carbocycles. The van der Waals surface area contributed by atoms with Gasteiger partial charge in [0, 0.05) is 41.6 Å². The molecular formula is C21H23N5O2. The number of aromatic amines is 1. The van der Waals surface area contributed by atoms with Crippen LogP contribution in [0.15, 0.2) is 46.6 Å². The van der Waals surface area contributed by atoms with Gasteiger partial charge < -0.3 is 20.6 Å². The lowest BCUT2D eigenvalue weighted by atomic mass is 9.96. The lowest BCUT2D eigenvalue weighted by Crippen LogP contribution is -2.43. The highest BCUT2D eigenvalue weighted by Crippen LogP contribution is 2.35. The Balaban J connectivity index is 1.43. The van der Waals surface area contributed by atoms with Crippen molar-refractivity contribution >= 4 is 28.4 Å². The summed E-state index contributed by atoms with van der Waals surface area (Å²) in [5, 5.41) is 8.72. The maximum absolute atomic E-state index is 13.1. The van der Waals surface area contributed by atoms with Crippen LogP contribution < -0.4 is 10.7 Å². The number of para-hydroxylation sites is 1. The molecule has 3 aliphatic rings. The molecule has 3 N–H and O–H groups in total. The number of H-pyrrole nitrogens is 1. The Labute approximate surface area is 162 Å². The molecule has 7 nitrogen and oxygen atoms in total. The number of hydrogen-bond acceptors (Lipinski definition) is 4. The van der Waals surface area contributed by atoms with Crippen molar-refractivity contribution in [3.8, 4) is 0 Å². The molecule has 1 aliphatic carbocycles. The Morgan fingerprint density at radius 1 is 1.25 bits per heavy atom. The summed E-state index contributed by atoms with van der Waals surface area (Å²) >= 11 is 0. The van der Waals surface area contributed by atoms with Crippen LogP contribution in [0.5, 0.6) is 0 Å². The van der Waals surface area contributed by atoms with Crippen LogP contribution in [0.1, 0.15) is 36.7 Å². The molecule has 3 heterocycles. The quantitative estimate of drug-likeness (QED) is 0.709. The number of aromatic nitrogens is 1. The molecule has 2 fully saturated rings. The van der Waals surface area contributed by atoms with Crippen molar-refractivity contribution in [2.75, 3.05) is 19.6 Å². The standard InChI is InChI=1S/C21H23N5O2/c1-13-15-11-26(20(28)18-10-14-4-2-3-5-16(14)23-18)9-6-17(15)25-22-12-21(7-8-21)24-19(13)27/h2-5,10,22-23H,6-9,11-12H2,1H3,(H,24,27)/b15-13+,25-17-. The normalized spacial score (nSPS) is 25.7. The molecule has 2 aromatic rings. The van der Waals surface area contributed by atoms with Crippen molar-refractivity contribution in [2.24, 2.45) is 5.10 Å². The Morgan fingerprint density at radius 3 is 2.86 bits per heavy atom. The number of nitrogens with one attached hydrogen (secondary N) is 3. The lowest BCUT2D eigenvalue weighted by Gasteiger charge is -2.30. The van der Waals surface area contributed by atoms with Crippen LogP contribution in [0.2, 0.25) is 0 Å². The zero-order valence-corrected chi connectivity index (χ0v) is 15.8. The number of hydrogen-bond donors (Lipinski definition) is 3. The second kappa shape index (κ2) is 6.22. The molecule has 1 saturated carbocycles. The van der Waals surface area contributed by atoms with Crippen LogP contribution in [0.4, 0.5) is 0 Å². The highest BCUT2D eigenvalue weighted by atomic mass is 16.2. The molecule has 144 valence electrons. The average Bonchev–Trinajstić information content (AvgIpc) is 3.31. The van der Waals surface area contributed by atoms with Gasteiger partial charge in [-0.1, -0.05) is 18.2 Å². The minimum atomic E-state index is -0.156. The van der Waals surface area contributed by atoms with Crippen molar-refractivity contribution in [2.45, 2.75) is 31.7 Å². The minimum Gasteiger partial charge on any atom is -0.351 e. The zero-order valence-electron chi connectivity index (χ0n) is 15.8. The first kappa shape index (κ1) is 17.0. The van der Waals surface area contributed by atoms with Gasteiger partial charge in [-0.05, 0) is 31.9 Å². The number of rotatable bonds is 1. The molecule has 0 radical (unpaired) electrons. The second-order valence-corrected chi connectivity index (χ2v) is 7.98. The van der Waals surface area contributed by atoms with Crippen LogP contribution in [0.3, 0.4) is 0 Å². The van der Waals surface area contributed by atoms with Gasteiger partial charge in [-0.15, -0.1) is 0 Å². The van der Waals surface area contributed by atoms with E-state index in [9.17, 15) is 9.59 Å². The van der Waals surface area contributed by atoms with Crippen molar-refractivity contribution in [3.63, 3.8) is 0 Å². The third kappa shape index (κ3) is 2.87. The molecule has 0 unspecified atom stereocenters. The van der Waals surface area contributed by atoms with E-state index in [1.165, 1.54) is 0 Å². The van der Waals surface area contributed by atoms with Gasteiger partial charge in [-0.25, -0.2) is 0 Å². The van der Waals surface area contributed by atoms with Gasteiger partial charge in [0.25, 0.3) is 5.91 Å². The van der Waals surface area contributed by atoms with Crippen LogP contribution in [-0.2, 0) is 4.79 Å². The number of piperidine rings is 1. The van der Waals surface area contributed by atoms with Crippen LogP contribution in [0, 0.1) is 0 Å². The number of carbonyl (C=O) groups is 2. The summed E-state index contributed by atoms with van der Waals surface area (Å²) in [5.74, 6) is -0.105. The third-order valence-corrected chi connectivity index (χ3v) is 6.02. The fraction of sp³-hybridized carbons (Fsp3) is 0.381. The number of carbonyl (C=O) groups excluding carboxylic acids is 2. The molecule has 2 amide bonds. The molecule has 1 spiro atoms. The summed E-state index contributed by atoms with van der Waals surface area (Å²) in [6.07, 6.45) is 2.58. The van der Waals surface area contributed by atoms with Gasteiger partial charge in [0.1, 0.15) is 5.69 Å². The first-order chi connectivity index (χ1) is 13.5. The fourth-order valence-electron chi connectivity index (χ4n) is 4.00. The molecule has 1 aromatic heterocycles. The van der Waals surface area contributed by atoms with Gasteiger partial charge in [-0.3, -0.25) is 9.59 Å². The average molecular weight is 377 g/mol. The van der Waals surface area contributed by atoms with E-state index in [1.54, 1.807) is 4.90 Å². The number of likely N-dealkylation sites (tertiary alicyclic amines) is 1. The largest absolute Gasteiger partial charge is 0.351 e. The summed E-state index contributed by atoms with van der Waals surface area (Å²) in [4.78, 5) is 30.8. The predicted octanol–water partition coefficient (Wildman–Crippen LogP) is 1.94. The van der Waals surface area contributed by atoms with Gasteiger partial charge in [-0.2, -0.15) is 5.10 Å². The van der Waals surface area contributed by atoms with E-state index in [0.29, 0.717) is 37.3 Å². The lowest BCUT2D eigenvalue weighted by molar-refractivity contribution is -0.118. The van der Waals surface area contributed by atoms with E-state index < -0.39 is 0 Å². The Hall–Kier alpha value is -3.09. The van der Waals surface area contributed by atoms with Crippen molar-refractivity contribution in [3.05, 3.63) is 47.2 Å². The van der Waals surface area contributed by atoms with E-state index in [-0.39, 0.29) is 17.4 Å². The SMILES string of the molecule is C/C1=C2/CN(C(=O)c3cc4ccccc4[nH]3)CC/C2=N/NCC2(CC2)NC1=O. The van der Waals surface area contributed by atoms with Crippen LogP contribution >= 0.6 is 0 Å². The molecule has 2 aliphatic heterocycles. The van der Waals surface area contributed by atoms with Gasteiger partial charge in [0.15, 0.2) is 0 Å². The van der Waals surface area contributed by atoms with Crippen molar-refractivity contribution < 1.29 is 9.59 Å². The molecular weight excluding hydrogens is 354 g/mol. The molecule has 5 rings (SSSR count). The van der Waals surface area contributed by atoms with Gasteiger partial charge in [0.05, 0.1) is 17.8 Å². The van der Waals surface area contributed by atoms with E-state index >= 15 is 0 Å². The molecule has 28 heavy (non-hydrogen) atoms. The predicted molar refractivity (Wildman–Crippen MR) is 107 cm³/mol. The monoisotopic (exact) mass is 377 g/mol. The summed E-state index contributed by atoms with van der Waals surface area (Å²) in [6, 6.07) is 9.73. The fourth-order valence-corrected chi connectivity index (χ4v) is 4.00. The van der Waals surface area contributed by atoms with E-state index in [4.69, 9.17) is 0 Å². The first-order valence-corrected chi connectivity index (χ1v) is 9.74. The highest BCUT2D eigenvalue weighted by Gasteiger charge is 2.45. The second-order valence-electron chi connectivity index (χ2n) is 7.98. The van der Waals surface area contributed by atoms with Crippen molar-refractivity contribution in [1.82, 2.24) is 20.6 Å². The number of fused-ring (bicyclic) bond motifs is 2.